The van der Waals surface area contributed by atoms with Crippen molar-refractivity contribution in [3.63, 3.8) is 0 Å². The molecule has 10 heteroatoms. The Labute approximate surface area is 169 Å². The van der Waals surface area contributed by atoms with Gasteiger partial charge >= 0.3 is 0 Å². The fourth-order valence-electron chi connectivity index (χ4n) is 2.85. The first-order chi connectivity index (χ1) is 14.7. The Bertz CT molecular complexity index is 1240. The minimum atomic E-state index is -0.557. The summed E-state index contributed by atoms with van der Waals surface area (Å²) in [7, 11) is 0. The topological polar surface area (TPSA) is 143 Å². The Morgan fingerprint density at radius 2 is 2.07 bits per heavy atom. The van der Waals surface area contributed by atoms with E-state index in [1.165, 1.54) is 12.1 Å². The molecule has 30 heavy (non-hydrogen) atoms. The summed E-state index contributed by atoms with van der Waals surface area (Å²) < 4.78 is 11.6. The highest BCUT2D eigenvalue weighted by atomic mass is 16.5. The van der Waals surface area contributed by atoms with E-state index in [4.69, 9.17) is 14.3 Å². The molecule has 0 spiro atoms. The van der Waals surface area contributed by atoms with Gasteiger partial charge in [-0.1, -0.05) is 12.1 Å². The van der Waals surface area contributed by atoms with Gasteiger partial charge in [0.2, 0.25) is 0 Å². The molecule has 1 amide bonds. The number of aliphatic hydroxyl groups excluding tert-OH is 1. The van der Waals surface area contributed by atoms with Gasteiger partial charge in [0.15, 0.2) is 5.43 Å². The van der Waals surface area contributed by atoms with Gasteiger partial charge in [-0.25, -0.2) is 0 Å². The average molecular weight is 407 g/mol. The number of carbonyl (C=O) groups excluding carboxylic acids is 1. The third kappa shape index (κ3) is 4.03. The number of aliphatic hydroxyl groups is 1. The van der Waals surface area contributed by atoms with Crippen LogP contribution in [0.1, 0.15) is 17.0 Å². The first kappa shape index (κ1) is 19.3. The van der Waals surface area contributed by atoms with E-state index in [2.05, 4.69) is 25.9 Å². The molecule has 2 heterocycles. The van der Waals surface area contributed by atoms with Crippen molar-refractivity contribution in [2.24, 2.45) is 0 Å². The molecule has 4 aromatic rings. The molecule has 4 rings (SSSR count). The van der Waals surface area contributed by atoms with Crippen molar-refractivity contribution >= 4 is 22.6 Å². The van der Waals surface area contributed by atoms with Crippen molar-refractivity contribution in [3.05, 3.63) is 64.6 Å². The lowest BCUT2D eigenvalue weighted by Gasteiger charge is -2.11. The highest BCUT2D eigenvalue weighted by Gasteiger charge is 2.14. The number of hydrogen-bond acceptors (Lipinski definition) is 8. The zero-order chi connectivity index (χ0) is 20.9. The molecular formula is C20H17N5O5. The Morgan fingerprint density at radius 3 is 2.87 bits per heavy atom. The number of carbonyl (C=O) groups is 1. The van der Waals surface area contributed by atoms with E-state index in [-0.39, 0.29) is 17.9 Å². The number of para-hydroxylation sites is 1. The van der Waals surface area contributed by atoms with Crippen LogP contribution in [0.5, 0.6) is 5.75 Å². The molecule has 0 aliphatic rings. The van der Waals surface area contributed by atoms with Crippen molar-refractivity contribution in [3.8, 4) is 17.1 Å². The average Bonchev–Trinajstić information content (AvgIpc) is 3.30. The van der Waals surface area contributed by atoms with Crippen molar-refractivity contribution in [2.75, 3.05) is 18.5 Å². The van der Waals surface area contributed by atoms with Crippen LogP contribution in [0.25, 0.3) is 22.3 Å². The van der Waals surface area contributed by atoms with Crippen LogP contribution in [0, 0.1) is 0 Å². The van der Waals surface area contributed by atoms with Gasteiger partial charge in [-0.05, 0) is 35.5 Å². The van der Waals surface area contributed by atoms with E-state index in [0.29, 0.717) is 46.8 Å². The van der Waals surface area contributed by atoms with Crippen LogP contribution < -0.4 is 15.5 Å². The molecule has 0 saturated heterocycles. The van der Waals surface area contributed by atoms with E-state index in [1.807, 2.05) is 12.1 Å². The number of H-pyrrole nitrogens is 1. The molecule has 0 saturated carbocycles. The van der Waals surface area contributed by atoms with Crippen LogP contribution in [-0.4, -0.2) is 44.9 Å². The highest BCUT2D eigenvalue weighted by Crippen LogP contribution is 2.31. The van der Waals surface area contributed by atoms with Gasteiger partial charge in [0.1, 0.15) is 17.1 Å². The standard InChI is InChI=1S/C20H17N5O5/c26-8-3-9-29-16-5-2-1-4-13(16)18-11-15(27)14-10-12(6-7-17(14)30-18)21-20(28)19-22-24-25-23-19/h1-2,4-7,10-11,26H,3,8-9H2,(H,21,28)(H,22,23,24,25). The number of nitrogens with zero attached hydrogens (tertiary/aromatic N) is 3. The van der Waals surface area contributed by atoms with E-state index >= 15 is 0 Å². The van der Waals surface area contributed by atoms with E-state index in [9.17, 15) is 9.59 Å². The zero-order valence-corrected chi connectivity index (χ0v) is 15.7. The van der Waals surface area contributed by atoms with Gasteiger partial charge in [0, 0.05) is 24.8 Å². The van der Waals surface area contributed by atoms with Gasteiger partial charge in [0.05, 0.1) is 17.6 Å². The summed E-state index contributed by atoms with van der Waals surface area (Å²) in [6, 6.07) is 13.3. The molecule has 152 valence electrons. The summed E-state index contributed by atoms with van der Waals surface area (Å²) >= 11 is 0. The second-order valence-electron chi connectivity index (χ2n) is 6.30. The Morgan fingerprint density at radius 1 is 1.20 bits per heavy atom. The third-order valence-electron chi connectivity index (χ3n) is 4.25. The van der Waals surface area contributed by atoms with Gasteiger partial charge in [-0.2, -0.15) is 5.21 Å². The lowest BCUT2D eigenvalue weighted by atomic mass is 10.1. The molecule has 0 radical (unpaired) electrons. The maximum absolute atomic E-state index is 12.7. The molecule has 0 aliphatic heterocycles. The predicted molar refractivity (Wildman–Crippen MR) is 107 cm³/mol. The molecule has 0 bridgehead atoms. The highest BCUT2D eigenvalue weighted by molar-refractivity contribution is 6.02. The minimum Gasteiger partial charge on any atom is -0.493 e. The molecule has 0 aliphatic carbocycles. The van der Waals surface area contributed by atoms with E-state index in [0.717, 1.165) is 0 Å². The van der Waals surface area contributed by atoms with Crippen molar-refractivity contribution in [1.82, 2.24) is 20.6 Å². The van der Waals surface area contributed by atoms with Crippen LogP contribution in [0.3, 0.4) is 0 Å². The van der Waals surface area contributed by atoms with Crippen LogP contribution in [0.15, 0.2) is 57.7 Å². The molecule has 2 aromatic carbocycles. The predicted octanol–water partition coefficient (Wildman–Crippen LogP) is 1.99. The summed E-state index contributed by atoms with van der Waals surface area (Å²) in [6.45, 7) is 0.369. The molecule has 0 unspecified atom stereocenters. The lowest BCUT2D eigenvalue weighted by molar-refractivity contribution is 0.101. The molecule has 3 N–H and O–H groups in total. The number of ether oxygens (including phenoxy) is 1. The third-order valence-corrected chi connectivity index (χ3v) is 4.25. The monoisotopic (exact) mass is 407 g/mol. The number of anilines is 1. The molecule has 0 atom stereocenters. The lowest BCUT2D eigenvalue weighted by Crippen LogP contribution is -2.14. The number of rotatable bonds is 7. The van der Waals surface area contributed by atoms with E-state index < -0.39 is 5.91 Å². The molecule has 2 aromatic heterocycles. The van der Waals surface area contributed by atoms with Crippen LogP contribution in [-0.2, 0) is 0 Å². The Kier molecular flexibility index (Phi) is 5.48. The molecular weight excluding hydrogens is 390 g/mol. The fraction of sp³-hybridized carbons (Fsp3) is 0.150. The Balaban J connectivity index is 1.65. The minimum absolute atomic E-state index is 0.0266. The number of hydrogen-bond donors (Lipinski definition) is 3. The zero-order valence-electron chi connectivity index (χ0n) is 15.7. The quantitative estimate of drug-likeness (QED) is 0.395. The number of fused-ring (bicyclic) bond motifs is 1. The summed E-state index contributed by atoms with van der Waals surface area (Å²) in [6.07, 6.45) is 0.494. The van der Waals surface area contributed by atoms with Crippen LogP contribution in [0.2, 0.25) is 0 Å². The smallest absolute Gasteiger partial charge is 0.297 e. The number of aromatic amines is 1. The number of aromatic nitrogens is 4. The van der Waals surface area contributed by atoms with Crippen LogP contribution >= 0.6 is 0 Å². The number of amides is 1. The second-order valence-corrected chi connectivity index (χ2v) is 6.30. The largest absolute Gasteiger partial charge is 0.493 e. The molecule has 0 fully saturated rings. The van der Waals surface area contributed by atoms with Gasteiger partial charge in [0.25, 0.3) is 11.7 Å². The Hall–Kier alpha value is -4.05. The van der Waals surface area contributed by atoms with Gasteiger partial charge in [-0.3, -0.25) is 9.59 Å². The number of tetrazole rings is 1. The van der Waals surface area contributed by atoms with Gasteiger partial charge in [-0.15, -0.1) is 10.2 Å². The van der Waals surface area contributed by atoms with E-state index in [1.54, 1.807) is 24.3 Å². The maximum atomic E-state index is 12.7. The summed E-state index contributed by atoms with van der Waals surface area (Å²) in [4.78, 5) is 24.8. The second kappa shape index (κ2) is 8.53. The normalized spacial score (nSPS) is 10.8. The molecule has 10 nitrogen and oxygen atoms in total. The van der Waals surface area contributed by atoms with Crippen LogP contribution in [0.4, 0.5) is 5.69 Å². The summed E-state index contributed by atoms with van der Waals surface area (Å²) in [5.41, 5.74) is 1.11. The first-order valence-corrected chi connectivity index (χ1v) is 9.11. The van der Waals surface area contributed by atoms with Gasteiger partial charge < -0.3 is 19.6 Å². The number of nitrogens with one attached hydrogen (secondary N) is 2. The number of benzene rings is 2. The van der Waals surface area contributed by atoms with Crippen molar-refractivity contribution in [1.29, 1.82) is 0 Å². The fourth-order valence-corrected chi connectivity index (χ4v) is 2.85. The van der Waals surface area contributed by atoms with Crippen molar-refractivity contribution in [2.45, 2.75) is 6.42 Å². The summed E-state index contributed by atoms with van der Waals surface area (Å²) in [5.74, 6) is 0.237. The maximum Gasteiger partial charge on any atom is 0.297 e. The SMILES string of the molecule is O=C(Nc1ccc2oc(-c3ccccc3OCCCO)cc(=O)c2c1)c1nn[nH]n1. The first-order valence-electron chi connectivity index (χ1n) is 9.11. The summed E-state index contributed by atoms with van der Waals surface area (Å²) in [5, 5.41) is 24.6. The van der Waals surface area contributed by atoms with Crippen molar-refractivity contribution < 1.29 is 19.1 Å².